The van der Waals surface area contributed by atoms with Crippen molar-refractivity contribution in [2.75, 3.05) is 11.9 Å². The van der Waals surface area contributed by atoms with Gasteiger partial charge in [-0.25, -0.2) is 4.98 Å². The van der Waals surface area contributed by atoms with E-state index in [4.69, 9.17) is 0 Å². The summed E-state index contributed by atoms with van der Waals surface area (Å²) in [5, 5.41) is 23.7. The van der Waals surface area contributed by atoms with Crippen molar-refractivity contribution in [3.63, 3.8) is 0 Å². The minimum atomic E-state index is -0.471. The molecule has 2 aromatic rings. The van der Waals surface area contributed by atoms with E-state index in [0.717, 1.165) is 0 Å². The molecular weight excluding hydrogens is 246 g/mol. The lowest BCUT2D eigenvalue weighted by Gasteiger charge is -2.24. The lowest BCUT2D eigenvalue weighted by Crippen LogP contribution is -2.35. The molecule has 0 aliphatic carbocycles. The molecule has 0 radical (unpaired) electrons. The van der Waals surface area contributed by atoms with E-state index in [-0.39, 0.29) is 12.3 Å². The van der Waals surface area contributed by atoms with Gasteiger partial charge in [-0.1, -0.05) is 0 Å². The number of aliphatic hydroxyl groups excluding tert-OH is 1. The number of hydrogen-bond acceptors (Lipinski definition) is 5. The molecule has 1 aromatic heterocycles. The number of hydrogen-bond donors (Lipinski definition) is 2. The highest BCUT2D eigenvalue weighted by Gasteiger charge is 2.16. The Balaban J connectivity index is 2.37. The van der Waals surface area contributed by atoms with Crippen molar-refractivity contribution in [1.82, 2.24) is 4.98 Å². The first-order chi connectivity index (χ1) is 8.91. The van der Waals surface area contributed by atoms with Gasteiger partial charge in [0.1, 0.15) is 5.82 Å². The first-order valence-electron chi connectivity index (χ1n) is 5.85. The lowest BCUT2D eigenvalue weighted by molar-refractivity contribution is -0.384. The highest BCUT2D eigenvalue weighted by molar-refractivity contribution is 5.82. The van der Waals surface area contributed by atoms with Crippen LogP contribution in [0.5, 0.6) is 0 Å². The molecule has 19 heavy (non-hydrogen) atoms. The van der Waals surface area contributed by atoms with Crippen molar-refractivity contribution in [2.24, 2.45) is 0 Å². The van der Waals surface area contributed by atoms with Gasteiger partial charge < -0.3 is 10.4 Å². The maximum absolute atomic E-state index is 10.7. The van der Waals surface area contributed by atoms with Crippen LogP contribution in [-0.2, 0) is 0 Å². The molecule has 0 aliphatic heterocycles. The topological polar surface area (TPSA) is 88.3 Å². The van der Waals surface area contributed by atoms with E-state index >= 15 is 0 Å². The second-order valence-electron chi connectivity index (χ2n) is 5.00. The molecule has 2 N–H and O–H groups in total. The average molecular weight is 261 g/mol. The largest absolute Gasteiger partial charge is 0.394 e. The molecule has 6 heteroatoms. The summed E-state index contributed by atoms with van der Waals surface area (Å²) in [5.41, 5.74) is 0.247. The Morgan fingerprint density at radius 3 is 2.74 bits per heavy atom. The molecule has 0 bridgehead atoms. The van der Waals surface area contributed by atoms with Gasteiger partial charge in [0.2, 0.25) is 0 Å². The molecule has 0 fully saturated rings. The third-order valence-corrected chi connectivity index (χ3v) is 2.75. The van der Waals surface area contributed by atoms with Gasteiger partial charge in [0.25, 0.3) is 5.69 Å². The van der Waals surface area contributed by atoms with E-state index < -0.39 is 10.5 Å². The fourth-order valence-corrected chi connectivity index (χ4v) is 1.68. The van der Waals surface area contributed by atoms with Gasteiger partial charge in [0, 0.05) is 17.5 Å². The van der Waals surface area contributed by atoms with E-state index in [2.05, 4.69) is 10.3 Å². The Labute approximate surface area is 110 Å². The molecular formula is C13H15N3O3. The van der Waals surface area contributed by atoms with Crippen LogP contribution in [0.1, 0.15) is 13.8 Å². The van der Waals surface area contributed by atoms with Crippen LogP contribution in [0, 0.1) is 10.1 Å². The molecule has 1 heterocycles. The number of nitrogens with one attached hydrogen (secondary N) is 1. The van der Waals surface area contributed by atoms with E-state index in [0.29, 0.717) is 16.7 Å². The molecule has 0 unspecified atom stereocenters. The molecule has 100 valence electrons. The average Bonchev–Trinajstić information content (AvgIpc) is 2.37. The highest BCUT2D eigenvalue weighted by Crippen LogP contribution is 2.22. The predicted octanol–water partition coefficient (Wildman–Crippen LogP) is 2.33. The fraction of sp³-hybridized carbons (Fsp3) is 0.308. The first-order valence-corrected chi connectivity index (χ1v) is 5.85. The predicted molar refractivity (Wildman–Crippen MR) is 73.2 cm³/mol. The van der Waals surface area contributed by atoms with Gasteiger partial charge in [-0.05, 0) is 32.0 Å². The van der Waals surface area contributed by atoms with Crippen LogP contribution in [-0.4, -0.2) is 27.2 Å². The number of fused-ring (bicyclic) bond motifs is 1. The van der Waals surface area contributed by atoms with Crippen molar-refractivity contribution in [3.8, 4) is 0 Å². The number of aromatic nitrogens is 1. The third-order valence-electron chi connectivity index (χ3n) is 2.75. The molecule has 0 spiro atoms. The Morgan fingerprint density at radius 2 is 2.11 bits per heavy atom. The number of non-ortho nitro benzene ring substituents is 1. The Hall–Kier alpha value is -2.21. The van der Waals surface area contributed by atoms with Crippen molar-refractivity contribution in [1.29, 1.82) is 0 Å². The van der Waals surface area contributed by atoms with Crippen molar-refractivity contribution >= 4 is 22.4 Å². The number of anilines is 1. The van der Waals surface area contributed by atoms with Gasteiger partial charge in [-0.15, -0.1) is 0 Å². The second kappa shape index (κ2) is 4.81. The van der Waals surface area contributed by atoms with Crippen LogP contribution in [0.4, 0.5) is 11.5 Å². The zero-order valence-electron chi connectivity index (χ0n) is 10.8. The van der Waals surface area contributed by atoms with Gasteiger partial charge in [0.05, 0.1) is 22.6 Å². The van der Waals surface area contributed by atoms with Gasteiger partial charge in [-0.3, -0.25) is 10.1 Å². The molecule has 0 aliphatic rings. The third kappa shape index (κ3) is 2.97. The Morgan fingerprint density at radius 1 is 1.37 bits per heavy atom. The number of pyridine rings is 1. The number of nitro benzene ring substituents is 1. The van der Waals surface area contributed by atoms with E-state index in [1.807, 2.05) is 13.8 Å². The van der Waals surface area contributed by atoms with Crippen LogP contribution < -0.4 is 5.32 Å². The van der Waals surface area contributed by atoms with Crippen LogP contribution in [0.3, 0.4) is 0 Å². The quantitative estimate of drug-likeness (QED) is 0.651. The fourth-order valence-electron chi connectivity index (χ4n) is 1.68. The maximum atomic E-state index is 10.7. The molecule has 0 amide bonds. The molecule has 2 rings (SSSR count). The van der Waals surface area contributed by atoms with E-state index in [9.17, 15) is 15.2 Å². The maximum Gasteiger partial charge on any atom is 0.270 e. The first kappa shape index (κ1) is 13.2. The summed E-state index contributed by atoms with van der Waals surface area (Å²) in [6.45, 7) is 3.69. The lowest BCUT2D eigenvalue weighted by atomic mass is 10.1. The minimum absolute atomic E-state index is 0.0209. The summed E-state index contributed by atoms with van der Waals surface area (Å²) in [4.78, 5) is 14.6. The normalized spacial score (nSPS) is 11.5. The summed E-state index contributed by atoms with van der Waals surface area (Å²) < 4.78 is 0. The molecule has 0 saturated heterocycles. The van der Waals surface area contributed by atoms with Crippen molar-refractivity contribution < 1.29 is 10.0 Å². The van der Waals surface area contributed by atoms with Crippen LogP contribution in [0.25, 0.3) is 10.9 Å². The SMILES string of the molecule is CC(C)(CO)Nc1ccc2cc([N+](=O)[O-])ccc2n1. The van der Waals surface area contributed by atoms with Crippen LogP contribution in [0.15, 0.2) is 30.3 Å². The minimum Gasteiger partial charge on any atom is -0.394 e. The number of nitro groups is 1. The van der Waals surface area contributed by atoms with Gasteiger partial charge in [-0.2, -0.15) is 0 Å². The summed E-state index contributed by atoms with van der Waals surface area (Å²) in [6, 6.07) is 8.04. The molecule has 0 atom stereocenters. The molecule has 1 aromatic carbocycles. The van der Waals surface area contributed by atoms with Crippen LogP contribution in [0.2, 0.25) is 0 Å². The zero-order valence-corrected chi connectivity index (χ0v) is 10.8. The Kier molecular flexibility index (Phi) is 3.35. The summed E-state index contributed by atoms with van der Waals surface area (Å²) in [6.07, 6.45) is 0. The Bertz CT molecular complexity index is 626. The number of benzene rings is 1. The number of rotatable bonds is 4. The molecule has 6 nitrogen and oxygen atoms in total. The second-order valence-corrected chi connectivity index (χ2v) is 5.00. The standard InChI is InChI=1S/C13H15N3O3/c1-13(2,8-17)15-12-6-3-9-7-10(16(18)19)4-5-11(9)14-12/h3-7,17H,8H2,1-2H3,(H,14,15). The smallest absolute Gasteiger partial charge is 0.270 e. The number of nitrogens with zero attached hydrogens (tertiary/aromatic N) is 2. The van der Waals surface area contributed by atoms with Crippen LogP contribution >= 0.6 is 0 Å². The van der Waals surface area contributed by atoms with Gasteiger partial charge >= 0.3 is 0 Å². The summed E-state index contributed by atoms with van der Waals surface area (Å²) in [7, 11) is 0. The zero-order chi connectivity index (χ0) is 14.0. The monoisotopic (exact) mass is 261 g/mol. The summed E-state index contributed by atoms with van der Waals surface area (Å²) in [5.74, 6) is 0.625. The number of aliphatic hydroxyl groups is 1. The van der Waals surface area contributed by atoms with E-state index in [1.54, 1.807) is 18.2 Å². The highest BCUT2D eigenvalue weighted by atomic mass is 16.6. The van der Waals surface area contributed by atoms with Crippen molar-refractivity contribution in [3.05, 3.63) is 40.4 Å². The van der Waals surface area contributed by atoms with Crippen molar-refractivity contribution in [2.45, 2.75) is 19.4 Å². The van der Waals surface area contributed by atoms with E-state index in [1.165, 1.54) is 12.1 Å². The molecule has 0 saturated carbocycles. The van der Waals surface area contributed by atoms with Gasteiger partial charge in [0.15, 0.2) is 0 Å². The summed E-state index contributed by atoms with van der Waals surface area (Å²) >= 11 is 0.